The molecule has 0 bridgehead atoms. The van der Waals surface area contributed by atoms with Gasteiger partial charge < -0.3 is 0 Å². The van der Waals surface area contributed by atoms with Crippen molar-refractivity contribution < 1.29 is 4.79 Å². The van der Waals surface area contributed by atoms with Crippen molar-refractivity contribution in [3.05, 3.63) is 24.3 Å². The second-order valence-corrected chi connectivity index (χ2v) is 2.02. The van der Waals surface area contributed by atoms with Crippen LogP contribution in [0.1, 0.15) is 26.7 Å². The summed E-state index contributed by atoms with van der Waals surface area (Å²) in [7, 11) is 0. The highest BCUT2D eigenvalue weighted by molar-refractivity contribution is 5.99. The number of carbonyl (C=O) groups excluding carboxylic acids is 1. The van der Waals surface area contributed by atoms with Crippen LogP contribution < -0.4 is 0 Å². The molecule has 1 heteroatoms. The molecule has 0 amide bonds. The van der Waals surface area contributed by atoms with E-state index < -0.39 is 0 Å². The molecule has 0 spiro atoms. The lowest BCUT2D eigenvalue weighted by molar-refractivity contribution is -0.110. The average Bonchev–Trinajstić information content (AvgIpc) is 1.97. The van der Waals surface area contributed by atoms with E-state index in [-0.39, 0.29) is 5.78 Å². The number of carbonyl (C=O) groups is 1. The van der Waals surface area contributed by atoms with Gasteiger partial charge in [0.2, 0.25) is 0 Å². The minimum atomic E-state index is 0.0868. The number of allylic oxidation sites excluding steroid dienone is 4. The van der Waals surface area contributed by atoms with Crippen LogP contribution in [0, 0.1) is 0 Å². The van der Waals surface area contributed by atoms with Crippen LogP contribution in [-0.2, 0) is 4.79 Å². The third kappa shape index (κ3) is 5.29. The topological polar surface area (TPSA) is 17.1 Å². The van der Waals surface area contributed by atoms with Crippen LogP contribution in [0.15, 0.2) is 24.3 Å². The highest BCUT2D eigenvalue weighted by Gasteiger charge is 1.83. The first-order chi connectivity index (χ1) is 4.81. The van der Waals surface area contributed by atoms with Gasteiger partial charge in [0.15, 0.2) is 5.78 Å². The summed E-state index contributed by atoms with van der Waals surface area (Å²) >= 11 is 0. The number of hydrogen-bond donors (Lipinski definition) is 0. The van der Waals surface area contributed by atoms with Crippen LogP contribution in [0.4, 0.5) is 0 Å². The number of ketones is 1. The smallest absolute Gasteiger partial charge is 0.177 e. The zero-order valence-corrected chi connectivity index (χ0v) is 6.63. The van der Waals surface area contributed by atoms with Crippen molar-refractivity contribution in [1.29, 1.82) is 0 Å². The summed E-state index contributed by atoms with van der Waals surface area (Å²) < 4.78 is 0. The Hall–Kier alpha value is -0.850. The fourth-order valence-corrected chi connectivity index (χ4v) is 0.524. The first-order valence-corrected chi connectivity index (χ1v) is 3.68. The summed E-state index contributed by atoms with van der Waals surface area (Å²) in [6.45, 7) is 4.01. The van der Waals surface area contributed by atoms with E-state index in [0.29, 0.717) is 0 Å². The van der Waals surface area contributed by atoms with Crippen molar-refractivity contribution in [2.24, 2.45) is 0 Å². The molecule has 0 aromatic rings. The van der Waals surface area contributed by atoms with Gasteiger partial charge in [-0.3, -0.25) is 4.79 Å². The van der Waals surface area contributed by atoms with Crippen molar-refractivity contribution in [1.82, 2.24) is 0 Å². The molecule has 0 rings (SSSR count). The molecule has 0 N–H and O–H groups in total. The molecule has 0 aliphatic heterocycles. The highest BCUT2D eigenvalue weighted by Crippen LogP contribution is 1.85. The predicted molar refractivity (Wildman–Crippen MR) is 43.9 cm³/mol. The average molecular weight is 138 g/mol. The summed E-state index contributed by atoms with van der Waals surface area (Å²) in [6, 6.07) is 0. The Morgan fingerprint density at radius 1 is 1.10 bits per heavy atom. The van der Waals surface area contributed by atoms with E-state index >= 15 is 0 Å². The Labute approximate surface area is 62.4 Å². The van der Waals surface area contributed by atoms with E-state index in [4.69, 9.17) is 0 Å². The largest absolute Gasteiger partial charge is 0.290 e. The first kappa shape index (κ1) is 9.15. The van der Waals surface area contributed by atoms with Crippen LogP contribution in [0.5, 0.6) is 0 Å². The lowest BCUT2D eigenvalue weighted by Gasteiger charge is -1.80. The van der Waals surface area contributed by atoms with E-state index in [1.54, 1.807) is 12.2 Å². The normalized spacial score (nSPS) is 11.4. The van der Waals surface area contributed by atoms with Gasteiger partial charge in [-0.1, -0.05) is 26.0 Å². The zero-order chi connectivity index (χ0) is 7.82. The summed E-state index contributed by atoms with van der Waals surface area (Å²) in [5, 5.41) is 0. The summed E-state index contributed by atoms with van der Waals surface area (Å²) in [6.07, 6.45) is 8.78. The molecule has 0 saturated carbocycles. The fourth-order valence-electron chi connectivity index (χ4n) is 0.524. The standard InChI is InChI=1S/C9H14O/c1-3-5-7-9(10)8-6-4-2/h5-8H,3-4H2,1-2H3. The Morgan fingerprint density at radius 2 is 1.50 bits per heavy atom. The molecule has 0 radical (unpaired) electrons. The van der Waals surface area contributed by atoms with Crippen molar-refractivity contribution in [2.45, 2.75) is 26.7 Å². The maximum atomic E-state index is 10.8. The van der Waals surface area contributed by atoms with Gasteiger partial charge in [-0.05, 0) is 25.0 Å². The molecule has 0 aliphatic carbocycles. The molecule has 0 unspecified atom stereocenters. The molecule has 56 valence electrons. The lowest BCUT2D eigenvalue weighted by Crippen LogP contribution is -1.83. The Balaban J connectivity index is 3.63. The molecule has 0 aliphatic rings. The van der Waals surface area contributed by atoms with Crippen molar-refractivity contribution in [2.75, 3.05) is 0 Å². The first-order valence-electron chi connectivity index (χ1n) is 3.68. The van der Waals surface area contributed by atoms with Gasteiger partial charge in [0.05, 0.1) is 0 Å². The van der Waals surface area contributed by atoms with Crippen LogP contribution in [0.2, 0.25) is 0 Å². The van der Waals surface area contributed by atoms with Gasteiger partial charge in [-0.25, -0.2) is 0 Å². The van der Waals surface area contributed by atoms with Crippen LogP contribution in [0.25, 0.3) is 0 Å². The molecule has 1 nitrogen and oxygen atoms in total. The van der Waals surface area contributed by atoms with E-state index in [2.05, 4.69) is 0 Å². The molecule has 0 saturated heterocycles. The SMILES string of the molecule is CCC=CC(=O)C=CCC. The molecule has 0 fully saturated rings. The Bertz CT molecular complexity index is 127. The summed E-state index contributed by atoms with van der Waals surface area (Å²) in [5.41, 5.74) is 0. The quantitative estimate of drug-likeness (QED) is 0.545. The van der Waals surface area contributed by atoms with E-state index in [1.165, 1.54) is 0 Å². The fraction of sp³-hybridized carbons (Fsp3) is 0.444. The second kappa shape index (κ2) is 6.27. The predicted octanol–water partition coefficient (Wildman–Crippen LogP) is 2.49. The van der Waals surface area contributed by atoms with Crippen molar-refractivity contribution in [3.8, 4) is 0 Å². The van der Waals surface area contributed by atoms with E-state index in [0.717, 1.165) is 12.8 Å². The zero-order valence-electron chi connectivity index (χ0n) is 6.63. The third-order valence-corrected chi connectivity index (χ3v) is 1.04. The molecule has 0 aromatic carbocycles. The van der Waals surface area contributed by atoms with Gasteiger partial charge in [0.1, 0.15) is 0 Å². The monoisotopic (exact) mass is 138 g/mol. The molecular weight excluding hydrogens is 124 g/mol. The highest BCUT2D eigenvalue weighted by atomic mass is 16.1. The minimum Gasteiger partial charge on any atom is -0.290 e. The van der Waals surface area contributed by atoms with Gasteiger partial charge in [-0.15, -0.1) is 0 Å². The van der Waals surface area contributed by atoms with Gasteiger partial charge in [-0.2, -0.15) is 0 Å². The molecule has 0 heterocycles. The lowest BCUT2D eigenvalue weighted by atomic mass is 10.3. The second-order valence-electron chi connectivity index (χ2n) is 2.02. The molecule has 0 atom stereocenters. The van der Waals surface area contributed by atoms with E-state index in [1.807, 2.05) is 26.0 Å². The van der Waals surface area contributed by atoms with Gasteiger partial charge >= 0.3 is 0 Å². The maximum Gasteiger partial charge on any atom is 0.177 e. The third-order valence-electron chi connectivity index (χ3n) is 1.04. The van der Waals surface area contributed by atoms with Gasteiger partial charge in [0.25, 0.3) is 0 Å². The van der Waals surface area contributed by atoms with E-state index in [9.17, 15) is 4.79 Å². The van der Waals surface area contributed by atoms with Crippen LogP contribution in [0.3, 0.4) is 0 Å². The number of hydrogen-bond acceptors (Lipinski definition) is 1. The minimum absolute atomic E-state index is 0.0868. The maximum absolute atomic E-state index is 10.8. The number of rotatable bonds is 4. The molecular formula is C9H14O. The summed E-state index contributed by atoms with van der Waals surface area (Å²) in [4.78, 5) is 10.8. The molecule has 10 heavy (non-hydrogen) atoms. The summed E-state index contributed by atoms with van der Waals surface area (Å²) in [5.74, 6) is 0.0868. The van der Waals surface area contributed by atoms with Gasteiger partial charge in [0, 0.05) is 0 Å². The Kier molecular flexibility index (Phi) is 5.74. The molecule has 0 aromatic heterocycles. The Morgan fingerprint density at radius 3 is 1.80 bits per heavy atom. The van der Waals surface area contributed by atoms with Crippen LogP contribution in [-0.4, -0.2) is 5.78 Å². The van der Waals surface area contributed by atoms with Crippen LogP contribution >= 0.6 is 0 Å². The van der Waals surface area contributed by atoms with Crippen molar-refractivity contribution >= 4 is 5.78 Å². The van der Waals surface area contributed by atoms with Crippen molar-refractivity contribution in [3.63, 3.8) is 0 Å².